The van der Waals surface area contributed by atoms with Crippen LogP contribution in [0.3, 0.4) is 0 Å². The normalized spacial score (nSPS) is 21.9. The molecule has 1 aliphatic heterocycles. The summed E-state index contributed by atoms with van der Waals surface area (Å²) in [7, 11) is 0. The molecule has 0 bridgehead atoms. The van der Waals surface area contributed by atoms with Gasteiger partial charge >= 0.3 is 5.97 Å². The van der Waals surface area contributed by atoms with Crippen molar-refractivity contribution in [1.29, 1.82) is 0 Å². The van der Waals surface area contributed by atoms with E-state index < -0.39 is 11.9 Å². The Balaban J connectivity index is 2.34. The molecular weight excluding hydrogens is 272 g/mol. The Kier molecular flexibility index (Phi) is 7.19. The van der Waals surface area contributed by atoms with Gasteiger partial charge in [0, 0.05) is 32.5 Å². The van der Waals surface area contributed by atoms with Crippen LogP contribution in [0.4, 0.5) is 0 Å². The molecule has 0 radical (unpaired) electrons. The van der Waals surface area contributed by atoms with Gasteiger partial charge in [-0.1, -0.05) is 13.8 Å². The van der Waals surface area contributed by atoms with E-state index in [0.29, 0.717) is 45.3 Å². The van der Waals surface area contributed by atoms with Crippen LogP contribution in [0, 0.1) is 11.8 Å². The third kappa shape index (κ3) is 6.14. The molecule has 21 heavy (non-hydrogen) atoms. The summed E-state index contributed by atoms with van der Waals surface area (Å²) in [4.78, 5) is 36.3. The highest BCUT2D eigenvalue weighted by atomic mass is 16.4. The Bertz CT molecular complexity index is 384. The van der Waals surface area contributed by atoms with Crippen LogP contribution in [0.1, 0.15) is 46.0 Å². The van der Waals surface area contributed by atoms with Gasteiger partial charge in [0.1, 0.15) is 0 Å². The van der Waals surface area contributed by atoms with Crippen LogP contribution < -0.4 is 5.32 Å². The topological polar surface area (TPSA) is 86.7 Å². The number of carbonyl (C=O) groups is 3. The number of hydrogen-bond acceptors (Lipinski definition) is 3. The van der Waals surface area contributed by atoms with Gasteiger partial charge in [0.15, 0.2) is 0 Å². The van der Waals surface area contributed by atoms with E-state index in [1.54, 1.807) is 4.90 Å². The number of piperidine rings is 1. The van der Waals surface area contributed by atoms with E-state index in [-0.39, 0.29) is 17.7 Å². The number of nitrogens with one attached hydrogen (secondary N) is 1. The maximum Gasteiger partial charge on any atom is 0.308 e. The third-order valence-electron chi connectivity index (χ3n) is 3.73. The second-order valence-corrected chi connectivity index (χ2v) is 5.88. The van der Waals surface area contributed by atoms with Crippen LogP contribution in [-0.4, -0.2) is 47.4 Å². The van der Waals surface area contributed by atoms with E-state index in [9.17, 15) is 14.4 Å². The molecule has 0 aromatic heterocycles. The second-order valence-electron chi connectivity index (χ2n) is 5.88. The SMILES string of the molecule is CCCNC(=O)CCCC(=O)N1CC(C)CC(C(=O)O)C1. The number of carboxylic acid groups (broad SMARTS) is 1. The number of nitrogens with zero attached hydrogens (tertiary/aromatic N) is 1. The van der Waals surface area contributed by atoms with Crippen LogP contribution in [0.15, 0.2) is 0 Å². The lowest BCUT2D eigenvalue weighted by Gasteiger charge is -2.34. The van der Waals surface area contributed by atoms with Gasteiger partial charge < -0.3 is 15.3 Å². The summed E-state index contributed by atoms with van der Waals surface area (Å²) in [6.45, 7) is 5.52. The number of rotatable bonds is 7. The summed E-state index contributed by atoms with van der Waals surface area (Å²) in [6, 6.07) is 0. The predicted molar refractivity (Wildman–Crippen MR) is 78.6 cm³/mol. The number of likely N-dealkylation sites (tertiary alicyclic amines) is 1. The average Bonchev–Trinajstić information content (AvgIpc) is 2.44. The molecule has 0 saturated carbocycles. The van der Waals surface area contributed by atoms with Gasteiger partial charge in [0.05, 0.1) is 5.92 Å². The van der Waals surface area contributed by atoms with Gasteiger partial charge in [-0.05, 0) is 25.2 Å². The van der Waals surface area contributed by atoms with Gasteiger partial charge in [-0.25, -0.2) is 0 Å². The Hall–Kier alpha value is -1.59. The first-order chi connectivity index (χ1) is 9.93. The largest absolute Gasteiger partial charge is 0.481 e. The van der Waals surface area contributed by atoms with Crippen molar-refractivity contribution in [3.8, 4) is 0 Å². The lowest BCUT2D eigenvalue weighted by molar-refractivity contribution is -0.146. The minimum Gasteiger partial charge on any atom is -0.481 e. The van der Waals surface area contributed by atoms with Crippen molar-refractivity contribution in [3.05, 3.63) is 0 Å². The maximum atomic E-state index is 12.1. The van der Waals surface area contributed by atoms with Crippen molar-refractivity contribution in [2.24, 2.45) is 11.8 Å². The molecule has 2 atom stereocenters. The Morgan fingerprint density at radius 1 is 1.24 bits per heavy atom. The summed E-state index contributed by atoms with van der Waals surface area (Å²) < 4.78 is 0. The van der Waals surface area contributed by atoms with Gasteiger partial charge in [0.2, 0.25) is 11.8 Å². The zero-order valence-electron chi connectivity index (χ0n) is 12.9. The summed E-state index contributed by atoms with van der Waals surface area (Å²) in [5, 5.41) is 11.9. The lowest BCUT2D eigenvalue weighted by Crippen LogP contribution is -2.45. The first kappa shape index (κ1) is 17.5. The third-order valence-corrected chi connectivity index (χ3v) is 3.73. The summed E-state index contributed by atoms with van der Waals surface area (Å²) in [5.41, 5.74) is 0. The van der Waals surface area contributed by atoms with Gasteiger partial charge in [-0.2, -0.15) is 0 Å². The van der Waals surface area contributed by atoms with E-state index in [1.165, 1.54) is 0 Å². The standard InChI is InChI=1S/C15H26N2O4/c1-3-7-16-13(18)5-4-6-14(19)17-9-11(2)8-12(10-17)15(20)21/h11-12H,3-10H2,1-2H3,(H,16,18)(H,20,21). The minimum atomic E-state index is -0.835. The molecular formula is C15H26N2O4. The molecule has 1 heterocycles. The van der Waals surface area contributed by atoms with Crippen molar-refractivity contribution in [3.63, 3.8) is 0 Å². The predicted octanol–water partition coefficient (Wildman–Crippen LogP) is 1.25. The zero-order valence-corrected chi connectivity index (χ0v) is 12.9. The Morgan fingerprint density at radius 3 is 2.57 bits per heavy atom. The molecule has 1 saturated heterocycles. The molecule has 2 amide bonds. The maximum absolute atomic E-state index is 12.1. The molecule has 6 heteroatoms. The van der Waals surface area contributed by atoms with Crippen LogP contribution in [0.2, 0.25) is 0 Å². The fourth-order valence-corrected chi connectivity index (χ4v) is 2.65. The number of hydrogen-bond donors (Lipinski definition) is 2. The number of aliphatic carboxylic acids is 1. The molecule has 120 valence electrons. The fraction of sp³-hybridized carbons (Fsp3) is 0.800. The van der Waals surface area contributed by atoms with E-state index in [1.807, 2.05) is 13.8 Å². The van der Waals surface area contributed by atoms with Crippen molar-refractivity contribution in [2.45, 2.75) is 46.0 Å². The molecule has 0 aliphatic carbocycles. The molecule has 2 unspecified atom stereocenters. The van der Waals surface area contributed by atoms with Crippen LogP contribution >= 0.6 is 0 Å². The summed E-state index contributed by atoms with van der Waals surface area (Å²) in [6.07, 6.45) is 2.68. The molecule has 0 aromatic rings. The van der Waals surface area contributed by atoms with Gasteiger partial charge in [-0.3, -0.25) is 14.4 Å². The smallest absolute Gasteiger partial charge is 0.308 e. The number of carbonyl (C=O) groups excluding carboxylic acids is 2. The van der Waals surface area contributed by atoms with Crippen LogP contribution in [-0.2, 0) is 14.4 Å². The Labute approximate surface area is 125 Å². The highest BCUT2D eigenvalue weighted by Gasteiger charge is 2.31. The molecule has 0 spiro atoms. The summed E-state index contributed by atoms with van der Waals surface area (Å²) >= 11 is 0. The molecule has 2 N–H and O–H groups in total. The molecule has 1 rings (SSSR count). The Morgan fingerprint density at radius 2 is 1.95 bits per heavy atom. The van der Waals surface area contributed by atoms with Crippen molar-refractivity contribution >= 4 is 17.8 Å². The molecule has 1 fully saturated rings. The van der Waals surface area contributed by atoms with Crippen molar-refractivity contribution < 1.29 is 19.5 Å². The fourth-order valence-electron chi connectivity index (χ4n) is 2.65. The number of amides is 2. The van der Waals surface area contributed by atoms with Crippen molar-refractivity contribution in [2.75, 3.05) is 19.6 Å². The first-order valence-corrected chi connectivity index (χ1v) is 7.71. The van der Waals surface area contributed by atoms with E-state index in [0.717, 1.165) is 6.42 Å². The van der Waals surface area contributed by atoms with E-state index >= 15 is 0 Å². The highest BCUT2D eigenvalue weighted by Crippen LogP contribution is 2.22. The van der Waals surface area contributed by atoms with E-state index in [4.69, 9.17) is 5.11 Å². The first-order valence-electron chi connectivity index (χ1n) is 7.71. The van der Waals surface area contributed by atoms with Crippen LogP contribution in [0.5, 0.6) is 0 Å². The van der Waals surface area contributed by atoms with E-state index in [2.05, 4.69) is 5.32 Å². The minimum absolute atomic E-state index is 0.0277. The quantitative estimate of drug-likeness (QED) is 0.740. The second kappa shape index (κ2) is 8.64. The number of carboxylic acids is 1. The van der Waals surface area contributed by atoms with Gasteiger partial charge in [-0.15, -0.1) is 0 Å². The van der Waals surface area contributed by atoms with Crippen molar-refractivity contribution in [1.82, 2.24) is 10.2 Å². The summed E-state index contributed by atoms with van der Waals surface area (Å²) in [5.74, 6) is -1.17. The van der Waals surface area contributed by atoms with Crippen LogP contribution in [0.25, 0.3) is 0 Å². The van der Waals surface area contributed by atoms with Gasteiger partial charge in [0.25, 0.3) is 0 Å². The zero-order chi connectivity index (χ0) is 15.8. The monoisotopic (exact) mass is 298 g/mol. The average molecular weight is 298 g/mol. The lowest BCUT2D eigenvalue weighted by atomic mass is 9.90. The molecule has 0 aromatic carbocycles. The molecule has 1 aliphatic rings. The highest BCUT2D eigenvalue weighted by molar-refractivity contribution is 5.79. The molecule has 6 nitrogen and oxygen atoms in total.